The van der Waals surface area contributed by atoms with Crippen LogP contribution in [-0.4, -0.2) is 5.11 Å². The second kappa shape index (κ2) is 11.7. The van der Waals surface area contributed by atoms with Crippen LogP contribution < -0.4 is 0 Å². The van der Waals surface area contributed by atoms with Crippen molar-refractivity contribution in [3.8, 4) is 5.75 Å². The van der Waals surface area contributed by atoms with Crippen molar-refractivity contribution in [3.05, 3.63) is 57.6 Å². The standard InChI is InChI=1S/C14H22O.C9H13.2ClH.Zr/c1-13(2,3)10-7-8-12(15)11(9-10)14(4,5)6;1-6-5-7(2)9(4)8(6)3;;;/h7-9,15H,1-6H3;5H,1-4H3;2*1H;/q;-1;;;. The molecule has 0 heterocycles. The van der Waals surface area contributed by atoms with Crippen molar-refractivity contribution in [3.63, 3.8) is 0 Å². The number of aryl methyl sites for hydroxylation is 2. The molecule has 0 radical (unpaired) electrons. The molecule has 0 unspecified atom stereocenters. The molecular weight excluding hydrogens is 454 g/mol. The minimum atomic E-state index is -0.00859. The Morgan fingerprint density at radius 1 is 0.852 bits per heavy atom. The van der Waals surface area contributed by atoms with E-state index in [0.717, 1.165) is 5.56 Å². The maximum Gasteiger partial charge on any atom is 0.119 e. The molecule has 4 heteroatoms. The Morgan fingerprint density at radius 3 is 1.59 bits per heavy atom. The molecule has 0 amide bonds. The third kappa shape index (κ3) is 8.80. The average Bonchev–Trinajstić information content (AvgIpc) is 2.64. The minimum absolute atomic E-state index is 0. The van der Waals surface area contributed by atoms with Gasteiger partial charge in [0.2, 0.25) is 0 Å². The summed E-state index contributed by atoms with van der Waals surface area (Å²) < 4.78 is 0. The zero-order chi connectivity index (χ0) is 18.9. The summed E-state index contributed by atoms with van der Waals surface area (Å²) in [6.45, 7) is 21.6. The number of hydrogen-bond acceptors (Lipinski definition) is 1. The molecule has 0 bridgehead atoms. The Hall–Kier alpha value is -0.167. The molecule has 154 valence electrons. The summed E-state index contributed by atoms with van der Waals surface area (Å²) in [6.07, 6.45) is 0. The first-order valence-electron chi connectivity index (χ1n) is 8.79. The van der Waals surface area contributed by atoms with Gasteiger partial charge in [-0.15, -0.1) is 24.8 Å². The fourth-order valence-corrected chi connectivity index (χ4v) is 2.74. The first-order chi connectivity index (χ1) is 10.7. The largest absolute Gasteiger partial charge is 0.508 e. The molecule has 2 aromatic carbocycles. The zero-order valence-electron chi connectivity index (χ0n) is 18.6. The van der Waals surface area contributed by atoms with E-state index >= 15 is 0 Å². The molecular formula is C23H37Cl2OZr-. The minimum Gasteiger partial charge on any atom is -0.508 e. The second-order valence-electron chi connectivity index (χ2n) is 8.99. The molecule has 0 saturated heterocycles. The number of rotatable bonds is 0. The van der Waals surface area contributed by atoms with Crippen molar-refractivity contribution in [2.45, 2.75) is 80.1 Å². The fourth-order valence-electron chi connectivity index (χ4n) is 2.74. The summed E-state index contributed by atoms with van der Waals surface area (Å²) in [5, 5.41) is 9.84. The first kappa shape index (κ1) is 31.5. The van der Waals surface area contributed by atoms with Gasteiger partial charge in [0.15, 0.2) is 0 Å². The third-order valence-electron chi connectivity index (χ3n) is 4.85. The Kier molecular flexibility index (Phi) is 13.7. The van der Waals surface area contributed by atoms with Crippen molar-refractivity contribution >= 4 is 24.8 Å². The van der Waals surface area contributed by atoms with Crippen LogP contribution in [0, 0.1) is 27.7 Å². The zero-order valence-corrected chi connectivity index (χ0v) is 22.7. The van der Waals surface area contributed by atoms with E-state index in [1.54, 1.807) is 6.07 Å². The Balaban J connectivity index is -0.000000420. The Labute approximate surface area is 198 Å². The summed E-state index contributed by atoms with van der Waals surface area (Å²) >= 11 is 0. The van der Waals surface area contributed by atoms with Crippen LogP contribution in [0.3, 0.4) is 0 Å². The second-order valence-corrected chi connectivity index (χ2v) is 8.99. The molecule has 0 aliphatic heterocycles. The molecule has 27 heavy (non-hydrogen) atoms. The van der Waals surface area contributed by atoms with Gasteiger partial charge < -0.3 is 5.11 Å². The van der Waals surface area contributed by atoms with Crippen molar-refractivity contribution in [1.29, 1.82) is 0 Å². The van der Waals surface area contributed by atoms with Gasteiger partial charge in [-0.05, 0) is 28.0 Å². The molecule has 0 fully saturated rings. The van der Waals surface area contributed by atoms with Gasteiger partial charge in [0.25, 0.3) is 0 Å². The average molecular weight is 492 g/mol. The molecule has 0 saturated carbocycles. The van der Waals surface area contributed by atoms with Gasteiger partial charge in [0.05, 0.1) is 0 Å². The molecule has 1 nitrogen and oxygen atoms in total. The van der Waals surface area contributed by atoms with Crippen LogP contribution in [-0.2, 0) is 37.0 Å². The molecule has 0 spiro atoms. The number of halogens is 2. The van der Waals surface area contributed by atoms with Gasteiger partial charge in [0, 0.05) is 26.2 Å². The van der Waals surface area contributed by atoms with Crippen LogP contribution in [0.5, 0.6) is 5.75 Å². The monoisotopic (exact) mass is 489 g/mol. The van der Waals surface area contributed by atoms with Crippen LogP contribution in [0.2, 0.25) is 0 Å². The number of benzene rings is 1. The molecule has 0 atom stereocenters. The summed E-state index contributed by atoms with van der Waals surface area (Å²) in [7, 11) is 0. The SMILES string of the molecule is CC(C)(C)c1ccc(O)c(C(C)(C)C)c1.Cc1c[c-](C)c(C)c1C.Cl.Cl.[Zr]. The van der Waals surface area contributed by atoms with E-state index in [9.17, 15) is 5.11 Å². The molecule has 0 aliphatic carbocycles. The van der Waals surface area contributed by atoms with Crippen LogP contribution in [0.15, 0.2) is 24.3 Å². The smallest absolute Gasteiger partial charge is 0.119 e. The van der Waals surface area contributed by atoms with E-state index in [1.807, 2.05) is 6.07 Å². The first-order valence-corrected chi connectivity index (χ1v) is 8.79. The maximum atomic E-state index is 9.84. The molecule has 2 rings (SSSR count). The molecule has 0 aromatic heterocycles. The summed E-state index contributed by atoms with van der Waals surface area (Å²) in [5.74, 6) is 0.399. The molecule has 1 N–H and O–H groups in total. The fraction of sp³-hybridized carbons (Fsp3) is 0.522. The normalized spacial score (nSPS) is 10.6. The Bertz CT molecular complexity index is 682. The summed E-state index contributed by atoms with van der Waals surface area (Å²) in [4.78, 5) is 0. The van der Waals surface area contributed by atoms with E-state index in [-0.39, 0.29) is 61.8 Å². The third-order valence-corrected chi connectivity index (χ3v) is 4.85. The van der Waals surface area contributed by atoms with Gasteiger partial charge in [0.1, 0.15) is 5.75 Å². The van der Waals surface area contributed by atoms with Crippen molar-refractivity contribution in [2.75, 3.05) is 0 Å². The van der Waals surface area contributed by atoms with E-state index in [2.05, 4.69) is 81.4 Å². The Morgan fingerprint density at radius 2 is 1.33 bits per heavy atom. The van der Waals surface area contributed by atoms with Crippen LogP contribution in [0.4, 0.5) is 0 Å². The van der Waals surface area contributed by atoms with E-state index in [4.69, 9.17) is 0 Å². The van der Waals surface area contributed by atoms with E-state index in [0.29, 0.717) is 5.75 Å². The van der Waals surface area contributed by atoms with Gasteiger partial charge in [-0.3, -0.25) is 0 Å². The van der Waals surface area contributed by atoms with Crippen molar-refractivity contribution in [2.24, 2.45) is 0 Å². The number of aromatic hydroxyl groups is 1. The molecule has 0 aliphatic rings. The van der Waals surface area contributed by atoms with Crippen LogP contribution in [0.25, 0.3) is 0 Å². The van der Waals surface area contributed by atoms with Gasteiger partial charge >= 0.3 is 0 Å². The number of hydrogen-bond donors (Lipinski definition) is 1. The van der Waals surface area contributed by atoms with E-state index < -0.39 is 0 Å². The van der Waals surface area contributed by atoms with Gasteiger partial charge in [-0.25, -0.2) is 0 Å². The van der Waals surface area contributed by atoms with E-state index in [1.165, 1.54) is 27.8 Å². The van der Waals surface area contributed by atoms with Crippen molar-refractivity contribution in [1.82, 2.24) is 0 Å². The van der Waals surface area contributed by atoms with Crippen molar-refractivity contribution < 1.29 is 31.3 Å². The van der Waals surface area contributed by atoms with Crippen LogP contribution in [0.1, 0.15) is 74.9 Å². The predicted octanol–water partition coefficient (Wildman–Crippen LogP) is 7.47. The summed E-state index contributed by atoms with van der Waals surface area (Å²) in [6, 6.07) is 8.17. The molecule has 2 aromatic rings. The summed E-state index contributed by atoms with van der Waals surface area (Å²) in [5.41, 5.74) is 8.16. The number of phenols is 1. The van der Waals surface area contributed by atoms with Gasteiger partial charge in [-0.2, -0.15) is 28.3 Å². The number of phenolic OH excluding ortho intramolecular Hbond substituents is 1. The topological polar surface area (TPSA) is 20.2 Å². The van der Waals surface area contributed by atoms with Gasteiger partial charge in [-0.1, -0.05) is 81.4 Å². The maximum absolute atomic E-state index is 9.84. The quantitative estimate of drug-likeness (QED) is 0.379. The predicted molar refractivity (Wildman–Crippen MR) is 121 cm³/mol. The van der Waals surface area contributed by atoms with Crippen LogP contribution >= 0.6 is 24.8 Å².